The van der Waals surface area contributed by atoms with Crippen LogP contribution in [0.1, 0.15) is 188 Å². The molecule has 0 atom stereocenters. The molecule has 30 heavy (non-hydrogen) atoms. The van der Waals surface area contributed by atoms with E-state index in [9.17, 15) is 0 Å². The molecule has 182 valence electrons. The van der Waals surface area contributed by atoms with Crippen LogP contribution in [-0.4, -0.2) is 0 Å². The summed E-state index contributed by atoms with van der Waals surface area (Å²) in [5, 5.41) is 0. The van der Waals surface area contributed by atoms with Crippen molar-refractivity contribution < 1.29 is 0 Å². The molecule has 0 N–H and O–H groups in total. The van der Waals surface area contributed by atoms with Crippen LogP contribution in [0.15, 0.2) is 0 Å². The first kappa shape index (κ1) is 30.0. The predicted molar refractivity (Wildman–Crippen MR) is 141 cm³/mol. The third-order valence-electron chi connectivity index (χ3n) is 7.49. The molecule has 0 heteroatoms. The highest BCUT2D eigenvalue weighted by Crippen LogP contribution is 2.41. The maximum Gasteiger partial charge on any atom is -0.0297 e. The molecule has 0 spiro atoms. The highest BCUT2D eigenvalue weighted by Gasteiger charge is 2.27. The summed E-state index contributed by atoms with van der Waals surface area (Å²) in [5.74, 6) is 0. The molecule has 0 heterocycles. The molecular formula is C30H62. The van der Waals surface area contributed by atoms with Gasteiger partial charge in [0, 0.05) is 0 Å². The molecule has 0 saturated carbocycles. The summed E-state index contributed by atoms with van der Waals surface area (Å²) in [5.41, 5.74) is 0.693. The smallest absolute Gasteiger partial charge is 0.0297 e. The largest absolute Gasteiger partial charge is 0.0654 e. The van der Waals surface area contributed by atoms with Gasteiger partial charge in [0.05, 0.1) is 0 Å². The van der Waals surface area contributed by atoms with Gasteiger partial charge in [-0.2, -0.15) is 0 Å². The molecular weight excluding hydrogens is 360 g/mol. The summed E-state index contributed by atoms with van der Waals surface area (Å²) in [6.45, 7) is 9.43. The van der Waals surface area contributed by atoms with E-state index in [0.717, 1.165) is 0 Å². The van der Waals surface area contributed by atoms with E-state index < -0.39 is 0 Å². The zero-order chi connectivity index (χ0) is 22.2. The number of rotatable bonds is 25. The number of hydrogen-bond donors (Lipinski definition) is 0. The van der Waals surface area contributed by atoms with Crippen LogP contribution in [-0.2, 0) is 0 Å². The van der Waals surface area contributed by atoms with Crippen LogP contribution in [0.4, 0.5) is 0 Å². The first-order valence-corrected chi connectivity index (χ1v) is 14.7. The molecule has 0 aromatic heterocycles. The van der Waals surface area contributed by atoms with Crippen molar-refractivity contribution in [1.82, 2.24) is 0 Å². The van der Waals surface area contributed by atoms with E-state index in [0.29, 0.717) is 5.41 Å². The van der Waals surface area contributed by atoms with E-state index in [-0.39, 0.29) is 0 Å². The van der Waals surface area contributed by atoms with Crippen LogP contribution in [0.2, 0.25) is 0 Å². The summed E-state index contributed by atoms with van der Waals surface area (Å²) < 4.78 is 0. The normalized spacial score (nSPS) is 12.0. The van der Waals surface area contributed by atoms with E-state index in [4.69, 9.17) is 0 Å². The van der Waals surface area contributed by atoms with Crippen LogP contribution in [0.5, 0.6) is 0 Å². The van der Waals surface area contributed by atoms with E-state index in [1.807, 2.05) is 0 Å². The fourth-order valence-corrected chi connectivity index (χ4v) is 5.28. The minimum atomic E-state index is 0.693. The van der Waals surface area contributed by atoms with Gasteiger partial charge in [-0.15, -0.1) is 0 Å². The van der Waals surface area contributed by atoms with Crippen LogP contribution < -0.4 is 0 Å². The van der Waals surface area contributed by atoms with E-state index in [2.05, 4.69) is 27.7 Å². The Morgan fingerprint density at radius 1 is 0.267 bits per heavy atom. The molecule has 0 fully saturated rings. The van der Waals surface area contributed by atoms with Crippen molar-refractivity contribution >= 4 is 0 Å². The topological polar surface area (TPSA) is 0 Å². The number of hydrogen-bond acceptors (Lipinski definition) is 0. The van der Waals surface area contributed by atoms with Gasteiger partial charge < -0.3 is 0 Å². The Balaban J connectivity index is 3.75. The monoisotopic (exact) mass is 422 g/mol. The molecule has 0 bridgehead atoms. The van der Waals surface area contributed by atoms with Crippen molar-refractivity contribution in [3.8, 4) is 0 Å². The Kier molecular flexibility index (Phi) is 23.7. The van der Waals surface area contributed by atoms with Crippen LogP contribution >= 0.6 is 0 Å². The van der Waals surface area contributed by atoms with Gasteiger partial charge in [-0.1, -0.05) is 163 Å². The third-order valence-corrected chi connectivity index (χ3v) is 7.49. The van der Waals surface area contributed by atoms with Crippen molar-refractivity contribution in [1.29, 1.82) is 0 Å². The van der Waals surface area contributed by atoms with Crippen molar-refractivity contribution in [3.63, 3.8) is 0 Å². The Morgan fingerprint density at radius 2 is 0.500 bits per heavy atom. The molecule has 0 unspecified atom stereocenters. The van der Waals surface area contributed by atoms with Gasteiger partial charge in [0.25, 0.3) is 0 Å². The van der Waals surface area contributed by atoms with Gasteiger partial charge >= 0.3 is 0 Å². The highest BCUT2D eigenvalue weighted by atomic mass is 14.3. The Hall–Kier alpha value is 0. The summed E-state index contributed by atoms with van der Waals surface area (Å²) in [6, 6.07) is 0. The Bertz CT molecular complexity index is 283. The molecule has 0 rings (SSSR count). The van der Waals surface area contributed by atoms with E-state index in [1.54, 1.807) is 0 Å². The first-order valence-electron chi connectivity index (χ1n) is 14.7. The molecule has 0 aromatic rings. The second kappa shape index (κ2) is 23.7. The Morgan fingerprint density at radius 3 is 0.800 bits per heavy atom. The summed E-state index contributed by atoms with van der Waals surface area (Å²) in [4.78, 5) is 0. The standard InChI is InChI=1S/C30H62/c1-5-9-13-14-15-16-17-18-19-20-21-22-23-24-25-29-30(26-10-6-2,27-11-7-3)28-12-8-4/h5-29H2,1-4H3. The van der Waals surface area contributed by atoms with Gasteiger partial charge in [0.1, 0.15) is 0 Å². The fourth-order valence-electron chi connectivity index (χ4n) is 5.28. The lowest BCUT2D eigenvalue weighted by Crippen LogP contribution is -2.21. The minimum absolute atomic E-state index is 0.693. The molecule has 0 aliphatic heterocycles. The lowest BCUT2D eigenvalue weighted by atomic mass is 9.71. The SMILES string of the molecule is CCCCCCCCCCCCCCCCCC(CCCC)(CCCC)CCCC. The zero-order valence-electron chi connectivity index (χ0n) is 22.2. The lowest BCUT2D eigenvalue weighted by molar-refractivity contribution is 0.175. The minimum Gasteiger partial charge on any atom is -0.0654 e. The van der Waals surface area contributed by atoms with Crippen LogP contribution in [0.3, 0.4) is 0 Å². The molecule has 0 saturated heterocycles. The van der Waals surface area contributed by atoms with Gasteiger partial charge in [0.15, 0.2) is 0 Å². The molecule has 0 aliphatic carbocycles. The summed E-state index contributed by atoms with van der Waals surface area (Å²) in [7, 11) is 0. The first-order chi connectivity index (χ1) is 14.7. The average molecular weight is 423 g/mol. The third kappa shape index (κ3) is 18.7. The number of unbranched alkanes of at least 4 members (excludes halogenated alkanes) is 17. The van der Waals surface area contributed by atoms with Crippen molar-refractivity contribution in [3.05, 3.63) is 0 Å². The molecule has 0 aromatic carbocycles. The van der Waals surface area contributed by atoms with Crippen molar-refractivity contribution in [2.75, 3.05) is 0 Å². The molecule has 0 nitrogen and oxygen atoms in total. The lowest BCUT2D eigenvalue weighted by Gasteiger charge is -2.35. The van der Waals surface area contributed by atoms with Gasteiger partial charge in [-0.3, -0.25) is 0 Å². The highest BCUT2D eigenvalue weighted by molar-refractivity contribution is 4.79. The second-order valence-electron chi connectivity index (χ2n) is 10.5. The van der Waals surface area contributed by atoms with E-state index >= 15 is 0 Å². The van der Waals surface area contributed by atoms with Gasteiger partial charge in [-0.25, -0.2) is 0 Å². The predicted octanol–water partition coefficient (Wildman–Crippen LogP) is 11.8. The van der Waals surface area contributed by atoms with E-state index in [1.165, 1.54) is 161 Å². The van der Waals surface area contributed by atoms with Crippen molar-refractivity contribution in [2.45, 2.75) is 188 Å². The summed E-state index contributed by atoms with van der Waals surface area (Å²) in [6.07, 6.45) is 36.6. The van der Waals surface area contributed by atoms with Gasteiger partial charge in [0.2, 0.25) is 0 Å². The fraction of sp³-hybridized carbons (Fsp3) is 1.00. The van der Waals surface area contributed by atoms with Crippen LogP contribution in [0, 0.1) is 5.41 Å². The maximum atomic E-state index is 2.37. The molecule has 0 aliphatic rings. The van der Waals surface area contributed by atoms with Crippen LogP contribution in [0.25, 0.3) is 0 Å². The molecule has 0 amide bonds. The maximum absolute atomic E-state index is 2.37. The zero-order valence-corrected chi connectivity index (χ0v) is 22.2. The Labute approximate surface area is 193 Å². The average Bonchev–Trinajstić information content (AvgIpc) is 2.77. The second-order valence-corrected chi connectivity index (χ2v) is 10.5. The summed E-state index contributed by atoms with van der Waals surface area (Å²) >= 11 is 0. The van der Waals surface area contributed by atoms with Crippen molar-refractivity contribution in [2.24, 2.45) is 5.41 Å². The van der Waals surface area contributed by atoms with Gasteiger partial charge in [-0.05, 0) is 31.1 Å². The quantitative estimate of drug-likeness (QED) is 0.128. The molecule has 0 radical (unpaired) electrons.